The molecule has 0 radical (unpaired) electrons. The number of rotatable bonds is 2. The van der Waals surface area contributed by atoms with Crippen molar-refractivity contribution in [3.8, 4) is 0 Å². The van der Waals surface area contributed by atoms with Gasteiger partial charge in [0.05, 0.1) is 0 Å². The summed E-state index contributed by atoms with van der Waals surface area (Å²) in [6.07, 6.45) is 3.62. The lowest BCUT2D eigenvalue weighted by molar-refractivity contribution is 0.0712. The lowest BCUT2D eigenvalue weighted by Gasteiger charge is -2.31. The van der Waals surface area contributed by atoms with Crippen molar-refractivity contribution < 1.29 is 9.18 Å². The van der Waals surface area contributed by atoms with Crippen molar-refractivity contribution in [1.29, 1.82) is 0 Å². The smallest absolute Gasteiger partial charge is 0.253 e. The quantitative estimate of drug-likeness (QED) is 0.781. The van der Waals surface area contributed by atoms with Crippen LogP contribution >= 0.6 is 0 Å². The highest BCUT2D eigenvalue weighted by Gasteiger charge is 2.25. The minimum Gasteiger partial charge on any atom is -0.343 e. The second-order valence-corrected chi connectivity index (χ2v) is 6.24. The van der Waals surface area contributed by atoms with Crippen LogP contribution in [0.15, 0.2) is 48.7 Å². The molecular formula is C19H18FN3O. The highest BCUT2D eigenvalue weighted by Crippen LogP contribution is 2.29. The van der Waals surface area contributed by atoms with Gasteiger partial charge in [-0.15, -0.1) is 0 Å². The molecule has 1 fully saturated rings. The fourth-order valence-electron chi connectivity index (χ4n) is 3.37. The predicted octanol–water partition coefficient (Wildman–Crippen LogP) is 3.72. The molecule has 5 heteroatoms. The van der Waals surface area contributed by atoms with Crippen molar-refractivity contribution in [3.63, 3.8) is 0 Å². The van der Waals surface area contributed by atoms with E-state index in [9.17, 15) is 9.18 Å². The van der Waals surface area contributed by atoms with Crippen molar-refractivity contribution in [1.82, 2.24) is 14.9 Å². The SMILES string of the molecule is O=C(c1ccc(F)cc1)N1CCC(c2cc3cccnc3[nH]2)CC1. The first-order valence-corrected chi connectivity index (χ1v) is 8.19. The number of amides is 1. The van der Waals surface area contributed by atoms with Gasteiger partial charge in [-0.1, -0.05) is 0 Å². The van der Waals surface area contributed by atoms with Crippen LogP contribution in [-0.2, 0) is 0 Å². The van der Waals surface area contributed by atoms with Gasteiger partial charge in [0, 0.05) is 41.8 Å². The lowest BCUT2D eigenvalue weighted by atomic mass is 9.93. The van der Waals surface area contributed by atoms with E-state index in [1.807, 2.05) is 11.0 Å². The van der Waals surface area contributed by atoms with Crippen molar-refractivity contribution in [3.05, 3.63) is 65.7 Å². The molecule has 122 valence electrons. The molecule has 3 heterocycles. The van der Waals surface area contributed by atoms with Gasteiger partial charge in [-0.2, -0.15) is 0 Å². The Morgan fingerprint density at radius 3 is 2.62 bits per heavy atom. The van der Waals surface area contributed by atoms with E-state index in [4.69, 9.17) is 0 Å². The van der Waals surface area contributed by atoms with Crippen LogP contribution in [0.5, 0.6) is 0 Å². The highest BCUT2D eigenvalue weighted by molar-refractivity contribution is 5.94. The molecular weight excluding hydrogens is 305 g/mol. The summed E-state index contributed by atoms with van der Waals surface area (Å²) in [4.78, 5) is 22.1. The molecule has 0 bridgehead atoms. The Morgan fingerprint density at radius 2 is 1.92 bits per heavy atom. The largest absolute Gasteiger partial charge is 0.343 e. The Labute approximate surface area is 139 Å². The van der Waals surface area contributed by atoms with Crippen LogP contribution in [0, 0.1) is 5.82 Å². The third-order valence-corrected chi connectivity index (χ3v) is 4.73. The monoisotopic (exact) mass is 323 g/mol. The molecule has 0 aliphatic carbocycles. The first-order chi connectivity index (χ1) is 11.7. The van der Waals surface area contributed by atoms with Crippen molar-refractivity contribution in [2.45, 2.75) is 18.8 Å². The number of carbonyl (C=O) groups excluding carboxylic acids is 1. The molecule has 1 aliphatic rings. The Bertz CT molecular complexity index is 831. The molecule has 4 rings (SSSR count). The summed E-state index contributed by atoms with van der Waals surface area (Å²) in [5.74, 6) is 0.0703. The molecule has 4 nitrogen and oxygen atoms in total. The molecule has 1 saturated heterocycles. The molecule has 2 aromatic heterocycles. The predicted molar refractivity (Wildman–Crippen MR) is 90.4 cm³/mol. The minimum atomic E-state index is -0.322. The standard InChI is InChI=1S/C19H18FN3O/c20-16-5-3-14(4-6-16)19(24)23-10-7-13(8-11-23)17-12-15-2-1-9-21-18(15)22-17/h1-6,9,12-13H,7-8,10-11H2,(H,21,22). The number of nitrogens with zero attached hydrogens (tertiary/aromatic N) is 2. The Balaban J connectivity index is 1.44. The number of nitrogens with one attached hydrogen (secondary N) is 1. The van der Waals surface area contributed by atoms with E-state index < -0.39 is 0 Å². The first kappa shape index (κ1) is 14.9. The van der Waals surface area contributed by atoms with Gasteiger partial charge >= 0.3 is 0 Å². The molecule has 24 heavy (non-hydrogen) atoms. The van der Waals surface area contributed by atoms with Gasteiger partial charge in [0.25, 0.3) is 5.91 Å². The van der Waals surface area contributed by atoms with E-state index in [1.54, 1.807) is 18.3 Å². The third kappa shape index (κ3) is 2.77. The maximum Gasteiger partial charge on any atom is 0.253 e. The van der Waals surface area contributed by atoms with E-state index in [0.29, 0.717) is 24.6 Å². The molecule has 0 unspecified atom stereocenters. The molecule has 1 aliphatic heterocycles. The van der Waals surface area contributed by atoms with Gasteiger partial charge in [0.1, 0.15) is 11.5 Å². The molecule has 3 aromatic rings. The van der Waals surface area contributed by atoms with E-state index >= 15 is 0 Å². The van der Waals surface area contributed by atoms with Gasteiger partial charge in [-0.3, -0.25) is 4.79 Å². The fraction of sp³-hybridized carbons (Fsp3) is 0.263. The van der Waals surface area contributed by atoms with Crippen LogP contribution in [0.4, 0.5) is 4.39 Å². The van der Waals surface area contributed by atoms with Crippen LogP contribution in [0.1, 0.15) is 34.8 Å². The first-order valence-electron chi connectivity index (χ1n) is 8.19. The number of hydrogen-bond donors (Lipinski definition) is 1. The zero-order valence-corrected chi connectivity index (χ0v) is 13.2. The number of H-pyrrole nitrogens is 1. The van der Waals surface area contributed by atoms with E-state index in [1.165, 1.54) is 17.8 Å². The number of aromatic nitrogens is 2. The van der Waals surface area contributed by atoms with Gasteiger partial charge in [0.15, 0.2) is 0 Å². The Hall–Kier alpha value is -2.69. The average Bonchev–Trinajstić information content (AvgIpc) is 3.06. The number of pyridine rings is 1. The summed E-state index contributed by atoms with van der Waals surface area (Å²) < 4.78 is 13.0. The maximum atomic E-state index is 13.0. The van der Waals surface area contributed by atoms with Crippen LogP contribution < -0.4 is 0 Å². The van der Waals surface area contributed by atoms with Gasteiger partial charge in [-0.05, 0) is 55.3 Å². The molecule has 0 spiro atoms. The summed E-state index contributed by atoms with van der Waals surface area (Å²) in [7, 11) is 0. The Morgan fingerprint density at radius 1 is 1.17 bits per heavy atom. The highest BCUT2D eigenvalue weighted by atomic mass is 19.1. The summed E-state index contributed by atoms with van der Waals surface area (Å²) in [5, 5.41) is 1.12. The average molecular weight is 323 g/mol. The zero-order valence-electron chi connectivity index (χ0n) is 13.2. The summed E-state index contributed by atoms with van der Waals surface area (Å²) in [5.41, 5.74) is 2.65. The molecule has 1 N–H and O–H groups in total. The maximum absolute atomic E-state index is 13.0. The Kier molecular flexibility index (Phi) is 3.76. The molecule has 0 atom stereocenters. The number of fused-ring (bicyclic) bond motifs is 1. The second kappa shape index (κ2) is 6.07. The van der Waals surface area contributed by atoms with Crippen molar-refractivity contribution in [2.24, 2.45) is 0 Å². The van der Waals surface area contributed by atoms with Crippen LogP contribution in [0.3, 0.4) is 0 Å². The molecule has 1 amide bonds. The number of halogens is 1. The van der Waals surface area contributed by atoms with Crippen molar-refractivity contribution >= 4 is 16.9 Å². The number of aromatic amines is 1. The lowest BCUT2D eigenvalue weighted by Crippen LogP contribution is -2.38. The number of hydrogen-bond acceptors (Lipinski definition) is 2. The van der Waals surface area contributed by atoms with Gasteiger partial charge < -0.3 is 9.88 Å². The number of piperidine rings is 1. The van der Waals surface area contributed by atoms with E-state index in [-0.39, 0.29) is 11.7 Å². The second-order valence-electron chi connectivity index (χ2n) is 6.24. The number of likely N-dealkylation sites (tertiary alicyclic amines) is 1. The topological polar surface area (TPSA) is 49.0 Å². The van der Waals surface area contributed by atoms with Crippen LogP contribution in [-0.4, -0.2) is 33.9 Å². The van der Waals surface area contributed by atoms with Crippen LogP contribution in [0.25, 0.3) is 11.0 Å². The number of carbonyl (C=O) groups is 1. The summed E-state index contributed by atoms with van der Waals surface area (Å²) in [6.45, 7) is 1.42. The minimum absolute atomic E-state index is 0.0215. The zero-order chi connectivity index (χ0) is 16.5. The normalized spacial score (nSPS) is 15.8. The van der Waals surface area contributed by atoms with E-state index in [2.05, 4.69) is 22.1 Å². The summed E-state index contributed by atoms with van der Waals surface area (Å²) >= 11 is 0. The fourth-order valence-corrected chi connectivity index (χ4v) is 3.37. The molecule has 1 aromatic carbocycles. The van der Waals surface area contributed by atoms with Crippen LogP contribution in [0.2, 0.25) is 0 Å². The molecule has 0 saturated carbocycles. The van der Waals surface area contributed by atoms with Crippen molar-refractivity contribution in [2.75, 3.05) is 13.1 Å². The third-order valence-electron chi connectivity index (χ3n) is 4.73. The van der Waals surface area contributed by atoms with Gasteiger partial charge in [0.2, 0.25) is 0 Å². The number of benzene rings is 1. The van der Waals surface area contributed by atoms with E-state index in [0.717, 1.165) is 23.9 Å². The van der Waals surface area contributed by atoms with Gasteiger partial charge in [-0.25, -0.2) is 9.37 Å². The summed E-state index contributed by atoms with van der Waals surface area (Å²) in [6, 6.07) is 11.9.